The molecule has 152 valence electrons. The molecule has 1 aliphatic rings. The van der Waals surface area contributed by atoms with Crippen LogP contribution in [0.1, 0.15) is 25.3 Å². The summed E-state index contributed by atoms with van der Waals surface area (Å²) < 4.78 is 5.46. The molecule has 1 aromatic carbocycles. The molecule has 8 nitrogen and oxygen atoms in total. The monoisotopic (exact) mass is 393 g/mol. The Morgan fingerprint density at radius 3 is 2.93 bits per heavy atom. The Bertz CT molecular complexity index is 963. The highest BCUT2D eigenvalue weighted by molar-refractivity contribution is 5.82. The van der Waals surface area contributed by atoms with E-state index in [9.17, 15) is 0 Å². The van der Waals surface area contributed by atoms with E-state index in [-0.39, 0.29) is 0 Å². The maximum atomic E-state index is 5.46. The van der Waals surface area contributed by atoms with Crippen molar-refractivity contribution < 1.29 is 4.74 Å². The molecule has 3 aromatic rings. The highest BCUT2D eigenvalue weighted by Gasteiger charge is 2.15. The summed E-state index contributed by atoms with van der Waals surface area (Å²) in [4.78, 5) is 14.7. The number of para-hydroxylation sites is 1. The van der Waals surface area contributed by atoms with Crippen LogP contribution in [0.3, 0.4) is 0 Å². The average Bonchev–Trinajstić information content (AvgIpc) is 3.18. The fourth-order valence-electron chi connectivity index (χ4n) is 3.33. The van der Waals surface area contributed by atoms with Crippen molar-refractivity contribution in [1.82, 2.24) is 15.0 Å². The molecule has 0 unspecified atom stereocenters. The fraction of sp³-hybridized carbons (Fsp3) is 0.429. The van der Waals surface area contributed by atoms with Crippen LogP contribution in [0.15, 0.2) is 46.8 Å². The van der Waals surface area contributed by atoms with Crippen molar-refractivity contribution in [2.75, 3.05) is 43.1 Å². The normalized spacial score (nSPS) is 14.7. The molecule has 3 heterocycles. The molecule has 0 atom stereocenters. The Morgan fingerprint density at radius 1 is 1.21 bits per heavy atom. The van der Waals surface area contributed by atoms with E-state index in [1.807, 2.05) is 24.4 Å². The summed E-state index contributed by atoms with van der Waals surface area (Å²) in [7, 11) is 0. The lowest BCUT2D eigenvalue weighted by Crippen LogP contribution is -2.36. The van der Waals surface area contributed by atoms with Crippen LogP contribution in [-0.2, 0) is 11.3 Å². The first-order chi connectivity index (χ1) is 14.3. The molecular formula is C21H27N7O. The van der Waals surface area contributed by atoms with E-state index in [1.165, 1.54) is 5.39 Å². The third kappa shape index (κ3) is 4.89. The number of aromatic nitrogens is 3. The van der Waals surface area contributed by atoms with Gasteiger partial charge in [0.1, 0.15) is 5.82 Å². The second-order valence-corrected chi connectivity index (χ2v) is 7.05. The Kier molecular flexibility index (Phi) is 6.31. The molecule has 0 radical (unpaired) electrons. The Balaban J connectivity index is 1.52. The van der Waals surface area contributed by atoms with Gasteiger partial charge in [0.15, 0.2) is 5.82 Å². The van der Waals surface area contributed by atoms with Crippen LogP contribution in [0.4, 0.5) is 17.6 Å². The fourth-order valence-corrected chi connectivity index (χ4v) is 3.33. The predicted molar refractivity (Wildman–Crippen MR) is 115 cm³/mol. The molecule has 0 bridgehead atoms. The zero-order valence-electron chi connectivity index (χ0n) is 16.8. The SMILES string of the molecule is CCCCNc1nc(N=NCc2c[nH]c3ccccc23)cc(N2CCOCC2)n1. The zero-order chi connectivity index (χ0) is 19.9. The summed E-state index contributed by atoms with van der Waals surface area (Å²) in [6, 6.07) is 10.1. The van der Waals surface area contributed by atoms with Gasteiger partial charge in [-0.2, -0.15) is 15.1 Å². The number of hydrogen-bond donors (Lipinski definition) is 2. The molecule has 4 rings (SSSR count). The van der Waals surface area contributed by atoms with E-state index in [4.69, 9.17) is 4.74 Å². The number of hydrogen-bond acceptors (Lipinski definition) is 7. The number of azo groups is 1. The Hall–Kier alpha value is -3.00. The van der Waals surface area contributed by atoms with Crippen LogP contribution < -0.4 is 10.2 Å². The van der Waals surface area contributed by atoms with Crippen molar-refractivity contribution >= 4 is 28.5 Å². The van der Waals surface area contributed by atoms with E-state index >= 15 is 0 Å². The number of unbranched alkanes of at least 4 members (excludes halogenated alkanes) is 1. The molecule has 2 N–H and O–H groups in total. The molecular weight excluding hydrogens is 366 g/mol. The number of fused-ring (bicyclic) bond motifs is 1. The van der Waals surface area contributed by atoms with Gasteiger partial charge in [-0.3, -0.25) is 0 Å². The van der Waals surface area contributed by atoms with Crippen LogP contribution >= 0.6 is 0 Å². The first-order valence-corrected chi connectivity index (χ1v) is 10.2. The van der Waals surface area contributed by atoms with Gasteiger partial charge in [-0.15, -0.1) is 5.11 Å². The molecule has 8 heteroatoms. The summed E-state index contributed by atoms with van der Waals surface area (Å²) in [5.41, 5.74) is 2.23. The number of anilines is 2. The van der Waals surface area contributed by atoms with Crippen LogP contribution in [0.25, 0.3) is 10.9 Å². The van der Waals surface area contributed by atoms with Crippen molar-refractivity contribution in [3.63, 3.8) is 0 Å². The molecule has 29 heavy (non-hydrogen) atoms. The minimum Gasteiger partial charge on any atom is -0.378 e. The maximum absolute atomic E-state index is 5.46. The van der Waals surface area contributed by atoms with Crippen molar-refractivity contribution in [3.8, 4) is 0 Å². The van der Waals surface area contributed by atoms with Gasteiger partial charge in [0.05, 0.1) is 19.8 Å². The maximum Gasteiger partial charge on any atom is 0.226 e. The van der Waals surface area contributed by atoms with Gasteiger partial charge in [0.25, 0.3) is 0 Å². The van der Waals surface area contributed by atoms with Crippen molar-refractivity contribution in [3.05, 3.63) is 42.1 Å². The van der Waals surface area contributed by atoms with Gasteiger partial charge in [-0.1, -0.05) is 31.5 Å². The second kappa shape index (κ2) is 9.47. The first-order valence-electron chi connectivity index (χ1n) is 10.2. The lowest BCUT2D eigenvalue weighted by Gasteiger charge is -2.28. The number of ether oxygens (including phenoxy) is 1. The summed E-state index contributed by atoms with van der Waals surface area (Å²) in [5, 5.41) is 13.3. The lowest BCUT2D eigenvalue weighted by atomic mass is 10.2. The molecule has 2 aromatic heterocycles. The van der Waals surface area contributed by atoms with Gasteiger partial charge in [-0.05, 0) is 12.5 Å². The highest BCUT2D eigenvalue weighted by atomic mass is 16.5. The number of nitrogens with zero attached hydrogens (tertiary/aromatic N) is 5. The van der Waals surface area contributed by atoms with Crippen molar-refractivity contribution in [2.45, 2.75) is 26.3 Å². The largest absolute Gasteiger partial charge is 0.378 e. The van der Waals surface area contributed by atoms with Crippen molar-refractivity contribution in [2.24, 2.45) is 10.2 Å². The third-order valence-corrected chi connectivity index (χ3v) is 4.94. The van der Waals surface area contributed by atoms with E-state index in [0.717, 1.165) is 49.4 Å². The third-order valence-electron chi connectivity index (χ3n) is 4.94. The number of nitrogens with one attached hydrogen (secondary N) is 2. The molecule has 0 aliphatic carbocycles. The van der Waals surface area contributed by atoms with Gasteiger partial charge in [-0.25, -0.2) is 0 Å². The van der Waals surface area contributed by atoms with Gasteiger partial charge >= 0.3 is 0 Å². The molecule has 1 saturated heterocycles. The van der Waals surface area contributed by atoms with E-state index in [2.05, 4.69) is 54.5 Å². The molecule has 0 spiro atoms. The number of benzene rings is 1. The summed E-state index contributed by atoms with van der Waals surface area (Å²) >= 11 is 0. The summed E-state index contributed by atoms with van der Waals surface area (Å²) in [6.45, 7) is 6.56. The topological polar surface area (TPSA) is 90.8 Å². The minimum atomic E-state index is 0.500. The second-order valence-electron chi connectivity index (χ2n) is 7.05. The van der Waals surface area contributed by atoms with E-state index in [1.54, 1.807) is 0 Å². The van der Waals surface area contributed by atoms with Crippen LogP contribution in [-0.4, -0.2) is 47.8 Å². The molecule has 1 aliphatic heterocycles. The first kappa shape index (κ1) is 19.3. The Morgan fingerprint density at radius 2 is 2.07 bits per heavy atom. The lowest BCUT2D eigenvalue weighted by molar-refractivity contribution is 0.122. The van der Waals surface area contributed by atoms with Crippen LogP contribution in [0, 0.1) is 0 Å². The summed E-state index contributed by atoms with van der Waals surface area (Å²) in [6.07, 6.45) is 4.18. The number of rotatable bonds is 8. The predicted octanol–water partition coefficient (Wildman–Crippen LogP) is 4.29. The van der Waals surface area contributed by atoms with E-state index < -0.39 is 0 Å². The van der Waals surface area contributed by atoms with Gasteiger partial charge in [0.2, 0.25) is 5.95 Å². The quantitative estimate of drug-likeness (QED) is 0.440. The van der Waals surface area contributed by atoms with Crippen molar-refractivity contribution in [1.29, 1.82) is 0 Å². The van der Waals surface area contributed by atoms with Gasteiger partial charge < -0.3 is 19.9 Å². The smallest absolute Gasteiger partial charge is 0.226 e. The van der Waals surface area contributed by atoms with Crippen LogP contribution in [0.2, 0.25) is 0 Å². The Labute approximate surface area is 170 Å². The van der Waals surface area contributed by atoms with E-state index in [0.29, 0.717) is 31.5 Å². The molecule has 0 saturated carbocycles. The van der Waals surface area contributed by atoms with Gasteiger partial charge in [0, 0.05) is 48.4 Å². The standard InChI is InChI=1S/C21H27N7O/c1-2-3-8-22-21-25-19(13-20(26-21)28-9-11-29-12-10-28)27-24-15-16-14-23-18-7-5-4-6-17(16)18/h4-7,13-14,23H,2-3,8-12,15H2,1H3,(H,22,25,26). The zero-order valence-corrected chi connectivity index (χ0v) is 16.8. The number of morpholine rings is 1. The molecule has 0 amide bonds. The molecule has 1 fully saturated rings. The minimum absolute atomic E-state index is 0.500. The number of aromatic amines is 1. The average molecular weight is 393 g/mol. The highest BCUT2D eigenvalue weighted by Crippen LogP contribution is 2.23. The van der Waals surface area contributed by atoms with Crippen LogP contribution in [0.5, 0.6) is 0 Å². The summed E-state index contributed by atoms with van der Waals surface area (Å²) in [5.74, 6) is 2.03. The number of H-pyrrole nitrogens is 1.